The van der Waals surface area contributed by atoms with E-state index in [1.165, 1.54) is 5.56 Å². The largest absolute Gasteiger partial charge is 0.375 e. The smallest absolute Gasteiger partial charge is 0.227 e. The van der Waals surface area contributed by atoms with Gasteiger partial charge in [-0.2, -0.15) is 0 Å². The van der Waals surface area contributed by atoms with E-state index in [-0.39, 0.29) is 5.91 Å². The number of carbonyl (C=O) groups excluding carboxylic acids is 1. The van der Waals surface area contributed by atoms with E-state index in [0.29, 0.717) is 6.42 Å². The summed E-state index contributed by atoms with van der Waals surface area (Å²) < 4.78 is 0. The van der Waals surface area contributed by atoms with Crippen LogP contribution in [0.5, 0.6) is 0 Å². The molecule has 1 aliphatic rings. The second-order valence-corrected chi connectivity index (χ2v) is 4.17. The predicted octanol–water partition coefficient (Wildman–Crippen LogP) is 2.36. The lowest BCUT2D eigenvalue weighted by Crippen LogP contribution is -2.31. The molecule has 0 fully saturated rings. The van der Waals surface area contributed by atoms with E-state index in [9.17, 15) is 4.79 Å². The fourth-order valence-corrected chi connectivity index (χ4v) is 2.17. The average molecular weight is 269 g/mol. The molecule has 1 aromatic rings. The van der Waals surface area contributed by atoms with Crippen molar-refractivity contribution in [3.8, 4) is 0 Å². The predicted molar refractivity (Wildman–Crippen MR) is 65.6 cm³/mol. The number of nitrogens with one attached hydrogen (secondary N) is 1. The quantitative estimate of drug-likeness (QED) is 0.660. The van der Waals surface area contributed by atoms with Crippen LogP contribution in [0.15, 0.2) is 18.2 Å². The molecule has 2 rings (SSSR count). The van der Waals surface area contributed by atoms with Gasteiger partial charge in [0.25, 0.3) is 0 Å². The van der Waals surface area contributed by atoms with E-state index in [0.717, 1.165) is 23.2 Å². The highest BCUT2D eigenvalue weighted by molar-refractivity contribution is 9.09. The minimum absolute atomic E-state index is 0.198. The first-order valence-electron chi connectivity index (χ1n) is 4.91. The topological polar surface area (TPSA) is 32.3 Å². The van der Waals surface area contributed by atoms with Gasteiger partial charge in [0.2, 0.25) is 5.91 Å². The van der Waals surface area contributed by atoms with Gasteiger partial charge in [-0.15, -0.1) is 0 Å². The fourth-order valence-electron chi connectivity index (χ4n) is 1.84. The van der Waals surface area contributed by atoms with Gasteiger partial charge in [0.1, 0.15) is 0 Å². The number of carbonyl (C=O) groups is 1. The molecule has 1 aromatic carbocycles. The maximum atomic E-state index is 11.5. The molecule has 0 spiro atoms. The maximum absolute atomic E-state index is 11.5. The van der Waals surface area contributed by atoms with Gasteiger partial charge in [0.05, 0.1) is 5.45 Å². The number of halogens is 1. The number of aryl methyl sites for hydroxylation is 1. The molecule has 0 saturated heterocycles. The van der Waals surface area contributed by atoms with Gasteiger partial charge in [-0.3, -0.25) is 4.79 Å². The molecule has 0 bridgehead atoms. The normalized spacial score (nSPS) is 15.1. The van der Waals surface area contributed by atoms with Gasteiger partial charge >= 0.3 is 0 Å². The third-order valence-corrected chi connectivity index (χ3v) is 2.97. The maximum Gasteiger partial charge on any atom is 0.227 e. The molecule has 80 valence electrons. The first-order chi connectivity index (χ1) is 7.22. The summed E-state index contributed by atoms with van der Waals surface area (Å²) in [5.74, 6) is 0.198. The lowest BCUT2D eigenvalue weighted by Gasteiger charge is -2.26. The Morgan fingerprint density at radius 3 is 3.00 bits per heavy atom. The van der Waals surface area contributed by atoms with Crippen LogP contribution < -0.4 is 10.2 Å². The molecule has 0 atom stereocenters. The van der Waals surface area contributed by atoms with Crippen LogP contribution in [-0.2, 0) is 11.2 Å². The summed E-state index contributed by atoms with van der Waals surface area (Å²) in [6, 6.07) is 6.10. The Balaban J connectivity index is 2.34. The van der Waals surface area contributed by atoms with Crippen LogP contribution in [0.1, 0.15) is 12.0 Å². The van der Waals surface area contributed by atoms with Crippen molar-refractivity contribution in [2.75, 3.05) is 22.7 Å². The zero-order chi connectivity index (χ0) is 10.8. The average Bonchev–Trinajstić information content (AvgIpc) is 2.24. The van der Waals surface area contributed by atoms with Crippen molar-refractivity contribution in [3.63, 3.8) is 0 Å². The number of hydrogen-bond acceptors (Lipinski definition) is 2. The summed E-state index contributed by atoms with van der Waals surface area (Å²) in [5.41, 5.74) is 4.10. The van der Waals surface area contributed by atoms with E-state index in [4.69, 9.17) is 0 Å². The number of anilines is 2. The van der Waals surface area contributed by atoms with Gasteiger partial charge in [-0.25, -0.2) is 0 Å². The number of nitrogens with zero attached hydrogens (tertiary/aromatic N) is 1. The first kappa shape index (κ1) is 10.5. The van der Waals surface area contributed by atoms with Crippen molar-refractivity contribution >= 4 is 33.2 Å². The summed E-state index contributed by atoms with van der Waals surface area (Å²) in [5, 5.41) is 3.20. The summed E-state index contributed by atoms with van der Waals surface area (Å²) in [7, 11) is 1.83. The van der Waals surface area contributed by atoms with Crippen molar-refractivity contribution in [1.29, 1.82) is 0 Å². The van der Waals surface area contributed by atoms with Gasteiger partial charge < -0.3 is 10.2 Å². The first-order valence-corrected chi connectivity index (χ1v) is 6.04. The Hall–Kier alpha value is -1.03. The standard InChI is InChI=1S/C11H13BrN2O/c1-14-10-4-3-9(13-7-12)6-8(10)2-5-11(14)15/h3-4,6,13H,2,5,7H2,1H3. The molecule has 0 unspecified atom stereocenters. The summed E-state index contributed by atoms with van der Waals surface area (Å²) in [4.78, 5) is 13.2. The van der Waals surface area contributed by atoms with Crippen molar-refractivity contribution < 1.29 is 4.79 Å². The minimum atomic E-state index is 0.198. The van der Waals surface area contributed by atoms with E-state index in [1.807, 2.05) is 19.2 Å². The summed E-state index contributed by atoms with van der Waals surface area (Å²) >= 11 is 3.33. The lowest BCUT2D eigenvalue weighted by atomic mass is 10.0. The van der Waals surface area contributed by atoms with Crippen LogP contribution in [0.25, 0.3) is 0 Å². The van der Waals surface area contributed by atoms with Gasteiger partial charge in [-0.05, 0) is 30.2 Å². The molecule has 1 N–H and O–H groups in total. The number of fused-ring (bicyclic) bond motifs is 1. The van der Waals surface area contributed by atoms with E-state index in [2.05, 4.69) is 27.3 Å². The molecule has 0 aliphatic carbocycles. The highest BCUT2D eigenvalue weighted by atomic mass is 79.9. The Labute approximate surface area is 97.6 Å². The third-order valence-electron chi connectivity index (χ3n) is 2.69. The van der Waals surface area contributed by atoms with Crippen molar-refractivity contribution in [1.82, 2.24) is 0 Å². The highest BCUT2D eigenvalue weighted by Crippen LogP contribution is 2.29. The van der Waals surface area contributed by atoms with Gasteiger partial charge in [0.15, 0.2) is 0 Å². The number of amides is 1. The molecule has 1 aliphatic heterocycles. The van der Waals surface area contributed by atoms with E-state index < -0.39 is 0 Å². The number of alkyl halides is 1. The molecule has 4 heteroatoms. The van der Waals surface area contributed by atoms with Gasteiger partial charge in [-0.1, -0.05) is 15.9 Å². The summed E-state index contributed by atoms with van der Waals surface area (Å²) in [6.07, 6.45) is 1.46. The van der Waals surface area contributed by atoms with Crippen LogP contribution in [0.3, 0.4) is 0 Å². The molecule has 0 saturated carbocycles. The second kappa shape index (κ2) is 4.23. The van der Waals surface area contributed by atoms with Crippen LogP contribution >= 0.6 is 15.9 Å². The molecular weight excluding hydrogens is 256 g/mol. The fraction of sp³-hybridized carbons (Fsp3) is 0.364. The number of rotatable bonds is 2. The van der Waals surface area contributed by atoms with Crippen LogP contribution in [0.4, 0.5) is 11.4 Å². The van der Waals surface area contributed by atoms with Crippen molar-refractivity contribution in [3.05, 3.63) is 23.8 Å². The summed E-state index contributed by atoms with van der Waals surface area (Å²) in [6.45, 7) is 0. The molecule has 1 heterocycles. The minimum Gasteiger partial charge on any atom is -0.375 e. The zero-order valence-corrected chi connectivity index (χ0v) is 10.2. The molecular formula is C11H13BrN2O. The third kappa shape index (κ3) is 2.00. The molecule has 0 aromatic heterocycles. The number of benzene rings is 1. The molecule has 0 radical (unpaired) electrons. The zero-order valence-electron chi connectivity index (χ0n) is 8.59. The van der Waals surface area contributed by atoms with Crippen LogP contribution in [0.2, 0.25) is 0 Å². The van der Waals surface area contributed by atoms with Crippen molar-refractivity contribution in [2.24, 2.45) is 0 Å². The second-order valence-electron chi connectivity index (χ2n) is 3.61. The Bertz CT molecular complexity index is 392. The van der Waals surface area contributed by atoms with Crippen LogP contribution in [0, 0.1) is 0 Å². The lowest BCUT2D eigenvalue weighted by molar-refractivity contribution is -0.118. The highest BCUT2D eigenvalue weighted by Gasteiger charge is 2.20. The van der Waals surface area contributed by atoms with E-state index >= 15 is 0 Å². The van der Waals surface area contributed by atoms with Crippen molar-refractivity contribution in [2.45, 2.75) is 12.8 Å². The SMILES string of the molecule is CN1C(=O)CCc2cc(NCBr)ccc21. The van der Waals surface area contributed by atoms with Gasteiger partial charge in [0, 0.05) is 24.8 Å². The Morgan fingerprint density at radius 1 is 1.47 bits per heavy atom. The number of hydrogen-bond donors (Lipinski definition) is 1. The molecule has 3 nitrogen and oxygen atoms in total. The van der Waals surface area contributed by atoms with Crippen LogP contribution in [-0.4, -0.2) is 18.4 Å². The molecule has 15 heavy (non-hydrogen) atoms. The monoisotopic (exact) mass is 268 g/mol. The Kier molecular flexibility index (Phi) is 2.95. The Morgan fingerprint density at radius 2 is 2.27 bits per heavy atom. The molecule has 1 amide bonds. The van der Waals surface area contributed by atoms with E-state index in [1.54, 1.807) is 4.90 Å².